The first-order chi connectivity index (χ1) is 17.8. The summed E-state index contributed by atoms with van der Waals surface area (Å²) in [6.07, 6.45) is -16.5. The fourth-order valence-electron chi connectivity index (χ4n) is 4.39. The summed E-state index contributed by atoms with van der Waals surface area (Å²) in [6.45, 7) is 0.897. The van der Waals surface area contributed by atoms with E-state index in [1.54, 1.807) is 0 Å². The molecule has 39 heavy (non-hydrogen) atoms. The summed E-state index contributed by atoms with van der Waals surface area (Å²) in [5.74, 6) is -3.70. The van der Waals surface area contributed by atoms with Crippen molar-refractivity contribution in [3.05, 3.63) is 64.0 Å². The van der Waals surface area contributed by atoms with Crippen LogP contribution in [0.1, 0.15) is 42.1 Å². The second-order valence-electron chi connectivity index (χ2n) is 9.34. The van der Waals surface area contributed by atoms with E-state index in [2.05, 4.69) is 10.4 Å². The third-order valence-electron chi connectivity index (χ3n) is 6.47. The van der Waals surface area contributed by atoms with Gasteiger partial charge in [-0.25, -0.2) is 9.07 Å². The van der Waals surface area contributed by atoms with E-state index in [0.29, 0.717) is 0 Å². The number of alkyl halides is 10. The maximum atomic E-state index is 14.7. The average molecular weight is 590 g/mol. The highest BCUT2D eigenvalue weighted by atomic mass is 35.5. The molecule has 0 bridgehead atoms. The Balaban J connectivity index is 1.74. The minimum Gasteiger partial charge on any atom is -0.349 e. The number of nitrogens with zero attached hydrogens (tertiary/aromatic N) is 2. The van der Waals surface area contributed by atoms with Gasteiger partial charge in [-0.05, 0) is 50.0 Å². The normalized spacial score (nSPS) is 19.3. The first-order valence-corrected chi connectivity index (χ1v) is 11.7. The summed E-state index contributed by atoms with van der Waals surface area (Å²) in [5, 5.41) is 6.76. The maximum absolute atomic E-state index is 14.7. The van der Waals surface area contributed by atoms with Crippen molar-refractivity contribution < 1.29 is 48.7 Å². The summed E-state index contributed by atoms with van der Waals surface area (Å²) in [6, 6.07) is 4.07. The molecule has 1 aromatic carbocycles. The van der Waals surface area contributed by atoms with Crippen LogP contribution < -0.4 is 5.32 Å². The van der Waals surface area contributed by atoms with Gasteiger partial charge in [-0.15, -0.1) is 0 Å². The van der Waals surface area contributed by atoms with Crippen LogP contribution in [0.5, 0.6) is 0 Å². The molecule has 0 radical (unpaired) electrons. The number of halogens is 11. The predicted molar refractivity (Wildman–Crippen MR) is 120 cm³/mol. The molecule has 2 aliphatic rings. The number of hydrogen-bond acceptors (Lipinski definition) is 2. The summed E-state index contributed by atoms with van der Waals surface area (Å²) >= 11 is 6.09. The maximum Gasteiger partial charge on any atom is 0.432 e. The number of nitrogens with one attached hydrogen (secondary N) is 1. The largest absolute Gasteiger partial charge is 0.432 e. The molecule has 0 saturated heterocycles. The molecule has 1 atom stereocenters. The molecular formula is C24H18ClF10N3O. The van der Waals surface area contributed by atoms with Crippen molar-refractivity contribution in [1.82, 2.24) is 15.1 Å². The molecule has 15 heteroatoms. The SMILES string of the molecule is CC1=C(c2cnn(-c3ccc(Cl)c(C(=O)NC4CC4)c3)c2)C(C(F)(F)F)=CC(C(F)(C(F)(F)F)C(F)(F)F)C1. The van der Waals surface area contributed by atoms with Gasteiger partial charge < -0.3 is 5.32 Å². The molecule has 1 saturated carbocycles. The van der Waals surface area contributed by atoms with E-state index in [1.165, 1.54) is 18.2 Å². The Hall–Kier alpha value is -3.03. The van der Waals surface area contributed by atoms with Crippen LogP contribution in [-0.2, 0) is 0 Å². The van der Waals surface area contributed by atoms with Gasteiger partial charge in [0, 0.05) is 23.7 Å². The molecule has 1 amide bonds. The molecule has 1 heterocycles. The lowest BCUT2D eigenvalue weighted by atomic mass is 9.75. The number of carbonyl (C=O) groups is 1. The monoisotopic (exact) mass is 589 g/mol. The first kappa shape index (κ1) is 29.0. The van der Waals surface area contributed by atoms with Crippen LogP contribution in [-0.4, -0.2) is 45.9 Å². The highest BCUT2D eigenvalue weighted by molar-refractivity contribution is 6.33. The van der Waals surface area contributed by atoms with Crippen molar-refractivity contribution in [2.45, 2.75) is 56.4 Å². The van der Waals surface area contributed by atoms with Crippen molar-refractivity contribution in [2.75, 3.05) is 0 Å². The summed E-state index contributed by atoms with van der Waals surface area (Å²) in [5.41, 5.74) is -9.09. The topological polar surface area (TPSA) is 46.9 Å². The molecule has 1 N–H and O–H groups in total. The molecule has 0 spiro atoms. The van der Waals surface area contributed by atoms with Crippen LogP contribution >= 0.6 is 11.6 Å². The van der Waals surface area contributed by atoms with E-state index >= 15 is 0 Å². The van der Waals surface area contributed by atoms with Crippen LogP contribution in [0, 0.1) is 5.92 Å². The van der Waals surface area contributed by atoms with E-state index in [9.17, 15) is 48.7 Å². The van der Waals surface area contributed by atoms with E-state index in [4.69, 9.17) is 11.6 Å². The van der Waals surface area contributed by atoms with Crippen LogP contribution in [0.4, 0.5) is 43.9 Å². The zero-order chi connectivity index (χ0) is 29.1. The van der Waals surface area contributed by atoms with E-state index in [-0.39, 0.29) is 34.0 Å². The minimum atomic E-state index is -6.52. The number of allylic oxidation sites excluding steroid dienone is 4. The molecule has 2 aliphatic carbocycles. The number of hydrogen-bond donors (Lipinski definition) is 1. The predicted octanol–water partition coefficient (Wildman–Crippen LogP) is 7.53. The second kappa shape index (κ2) is 9.56. The standard InChI is InChI=1S/C24H18ClF10N3O/c1-11-6-13(21(26,23(30,31)32)24(33,34)35)7-17(22(27,28)29)19(11)12-9-36-38(10-12)15-4-5-18(25)16(8-15)20(39)37-14-2-3-14/h4-5,7-10,13-14H,2-3,6H2,1H3,(H,37,39). The fourth-order valence-corrected chi connectivity index (χ4v) is 4.60. The first-order valence-electron chi connectivity index (χ1n) is 11.3. The molecule has 4 nitrogen and oxygen atoms in total. The second-order valence-corrected chi connectivity index (χ2v) is 9.74. The summed E-state index contributed by atoms with van der Waals surface area (Å²) < 4.78 is 137. The molecule has 1 fully saturated rings. The molecule has 1 unspecified atom stereocenters. The van der Waals surface area contributed by atoms with Crippen LogP contribution in [0.25, 0.3) is 11.3 Å². The molecule has 4 rings (SSSR count). The fraction of sp³-hybridized carbons (Fsp3) is 0.417. The van der Waals surface area contributed by atoms with Gasteiger partial charge in [0.15, 0.2) is 0 Å². The van der Waals surface area contributed by atoms with Gasteiger partial charge in [0.25, 0.3) is 5.91 Å². The van der Waals surface area contributed by atoms with Gasteiger partial charge in [-0.3, -0.25) is 4.79 Å². The quantitative estimate of drug-likeness (QED) is 0.367. The smallest absolute Gasteiger partial charge is 0.349 e. The number of aromatic nitrogens is 2. The van der Waals surface area contributed by atoms with Crippen molar-refractivity contribution >= 4 is 23.1 Å². The lowest BCUT2D eigenvalue weighted by molar-refractivity contribution is -0.353. The van der Waals surface area contributed by atoms with Gasteiger partial charge in [-0.2, -0.15) is 44.6 Å². The third kappa shape index (κ3) is 5.39. The lowest BCUT2D eigenvalue weighted by Gasteiger charge is -2.38. The van der Waals surface area contributed by atoms with E-state index in [0.717, 1.165) is 36.8 Å². The van der Waals surface area contributed by atoms with Crippen LogP contribution in [0.3, 0.4) is 0 Å². The summed E-state index contributed by atoms with van der Waals surface area (Å²) in [7, 11) is 0. The van der Waals surface area contributed by atoms with Crippen molar-refractivity contribution in [3.63, 3.8) is 0 Å². The Morgan fingerprint density at radius 1 is 1.03 bits per heavy atom. The number of amides is 1. The Labute approximate surface area is 219 Å². The van der Waals surface area contributed by atoms with E-state index < -0.39 is 59.2 Å². The van der Waals surface area contributed by atoms with Crippen molar-refractivity contribution in [3.8, 4) is 5.69 Å². The van der Waals surface area contributed by atoms with Gasteiger partial charge in [0.1, 0.15) is 0 Å². The molecule has 0 aliphatic heterocycles. The zero-order valence-electron chi connectivity index (χ0n) is 19.7. The Morgan fingerprint density at radius 3 is 2.18 bits per heavy atom. The molecule has 212 valence electrons. The van der Waals surface area contributed by atoms with Crippen molar-refractivity contribution in [1.29, 1.82) is 0 Å². The lowest BCUT2D eigenvalue weighted by Crippen LogP contribution is -2.58. The molecule has 2 aromatic rings. The molecular weight excluding hydrogens is 572 g/mol. The van der Waals surface area contributed by atoms with Gasteiger partial charge in [0.2, 0.25) is 0 Å². The Morgan fingerprint density at radius 2 is 1.64 bits per heavy atom. The Bertz CT molecular complexity index is 1340. The van der Waals surface area contributed by atoms with E-state index in [1.807, 2.05) is 0 Å². The number of carbonyl (C=O) groups excluding carboxylic acids is 1. The number of benzene rings is 1. The number of rotatable bonds is 5. The highest BCUT2D eigenvalue weighted by Crippen LogP contribution is 2.56. The highest BCUT2D eigenvalue weighted by Gasteiger charge is 2.75. The average Bonchev–Trinajstić information content (AvgIpc) is 3.48. The van der Waals surface area contributed by atoms with Crippen molar-refractivity contribution in [2.24, 2.45) is 5.92 Å². The van der Waals surface area contributed by atoms with Crippen LogP contribution in [0.15, 0.2) is 47.8 Å². The van der Waals surface area contributed by atoms with Gasteiger partial charge >= 0.3 is 24.2 Å². The zero-order valence-corrected chi connectivity index (χ0v) is 20.5. The molecule has 1 aromatic heterocycles. The Kier molecular flexibility index (Phi) is 7.10. The van der Waals surface area contributed by atoms with Gasteiger partial charge in [-0.1, -0.05) is 23.3 Å². The minimum absolute atomic E-state index is 0.00361. The van der Waals surface area contributed by atoms with Crippen LogP contribution in [0.2, 0.25) is 5.02 Å². The third-order valence-corrected chi connectivity index (χ3v) is 6.80. The van der Waals surface area contributed by atoms with Gasteiger partial charge in [0.05, 0.1) is 28.0 Å². The summed E-state index contributed by atoms with van der Waals surface area (Å²) in [4.78, 5) is 12.4.